The molecule has 1 unspecified atom stereocenters. The Kier molecular flexibility index (Phi) is 6.81. The van der Waals surface area contributed by atoms with Gasteiger partial charge in [0.15, 0.2) is 5.71 Å². The van der Waals surface area contributed by atoms with Crippen LogP contribution in [-0.4, -0.2) is 29.1 Å². The third-order valence-electron chi connectivity index (χ3n) is 3.23. The lowest BCUT2D eigenvalue weighted by Crippen LogP contribution is -2.22. The van der Waals surface area contributed by atoms with Crippen LogP contribution in [0, 0.1) is 0 Å². The largest absolute Gasteiger partial charge is 0.481 e. The highest BCUT2D eigenvalue weighted by Crippen LogP contribution is 2.27. The maximum atomic E-state index is 12.3. The van der Waals surface area contributed by atoms with Gasteiger partial charge in [-0.1, -0.05) is 30.8 Å². The van der Waals surface area contributed by atoms with E-state index in [2.05, 4.69) is 5.16 Å². The first-order chi connectivity index (χ1) is 9.39. The van der Waals surface area contributed by atoms with Crippen LogP contribution in [0.3, 0.4) is 0 Å². The quantitative estimate of drug-likeness (QED) is 0.656. The standard InChI is InChI=1S/C13H20F3NO3/c14-13(15,16)11-9-10(20-17-11)7-5-3-1-2-4-6-8-12(18)19/h10H,1-9H2,(H,18,19). The van der Waals surface area contributed by atoms with E-state index in [0.717, 1.165) is 32.1 Å². The van der Waals surface area contributed by atoms with E-state index in [-0.39, 0.29) is 12.8 Å². The first kappa shape index (κ1) is 16.8. The second-order valence-corrected chi connectivity index (χ2v) is 5.02. The summed E-state index contributed by atoms with van der Waals surface area (Å²) in [4.78, 5) is 15.0. The second kappa shape index (κ2) is 8.11. The smallest absolute Gasteiger partial charge is 0.432 e. The first-order valence-electron chi connectivity index (χ1n) is 6.91. The molecule has 1 aliphatic rings. The number of carboxylic acids is 1. The summed E-state index contributed by atoms with van der Waals surface area (Å²) in [7, 11) is 0. The number of carboxylic acid groups (broad SMARTS) is 1. The molecule has 0 fully saturated rings. The molecular formula is C13H20F3NO3. The van der Waals surface area contributed by atoms with Crippen molar-refractivity contribution in [2.45, 2.75) is 70.1 Å². The average molecular weight is 295 g/mol. The molecule has 0 spiro atoms. The van der Waals surface area contributed by atoms with Crippen LogP contribution in [0.4, 0.5) is 13.2 Å². The van der Waals surface area contributed by atoms with Gasteiger partial charge in [-0.05, 0) is 19.3 Å². The van der Waals surface area contributed by atoms with Gasteiger partial charge < -0.3 is 9.94 Å². The van der Waals surface area contributed by atoms with Crippen LogP contribution in [0.2, 0.25) is 0 Å². The lowest BCUT2D eigenvalue weighted by atomic mass is 10.0. The number of aliphatic carboxylic acids is 1. The normalized spacial score (nSPS) is 18.8. The Morgan fingerprint density at radius 3 is 2.35 bits per heavy atom. The summed E-state index contributed by atoms with van der Waals surface area (Å²) in [6.45, 7) is 0. The van der Waals surface area contributed by atoms with Crippen molar-refractivity contribution in [2.75, 3.05) is 0 Å². The van der Waals surface area contributed by atoms with Gasteiger partial charge in [0.05, 0.1) is 0 Å². The first-order valence-corrected chi connectivity index (χ1v) is 6.91. The maximum Gasteiger partial charge on any atom is 0.432 e. The summed E-state index contributed by atoms with van der Waals surface area (Å²) < 4.78 is 36.9. The molecule has 1 atom stereocenters. The molecule has 0 radical (unpaired) electrons. The Hall–Kier alpha value is -1.27. The van der Waals surface area contributed by atoms with Crippen LogP contribution >= 0.6 is 0 Å². The van der Waals surface area contributed by atoms with Crippen LogP contribution in [0.25, 0.3) is 0 Å². The molecule has 0 amide bonds. The van der Waals surface area contributed by atoms with Gasteiger partial charge in [-0.15, -0.1) is 0 Å². The third kappa shape index (κ3) is 6.77. The number of carbonyl (C=O) groups is 1. The Bertz CT molecular complexity index is 342. The SMILES string of the molecule is O=C(O)CCCCCCCCC1CC(C(F)(F)F)=NO1. The Balaban J connectivity index is 1.95. The van der Waals surface area contributed by atoms with Gasteiger partial charge in [-0.2, -0.15) is 13.2 Å². The van der Waals surface area contributed by atoms with E-state index in [1.807, 2.05) is 0 Å². The summed E-state index contributed by atoms with van der Waals surface area (Å²) in [5.74, 6) is -0.774. The van der Waals surface area contributed by atoms with Crippen LogP contribution < -0.4 is 0 Å². The number of alkyl halides is 3. The van der Waals surface area contributed by atoms with Gasteiger partial charge in [-0.3, -0.25) is 4.79 Å². The highest BCUT2D eigenvalue weighted by molar-refractivity contribution is 5.90. The highest BCUT2D eigenvalue weighted by Gasteiger charge is 2.41. The highest BCUT2D eigenvalue weighted by atomic mass is 19.4. The van der Waals surface area contributed by atoms with Crippen LogP contribution in [-0.2, 0) is 9.63 Å². The summed E-state index contributed by atoms with van der Waals surface area (Å²) in [5.41, 5.74) is -0.823. The predicted molar refractivity (Wildman–Crippen MR) is 67.6 cm³/mol. The molecule has 0 aliphatic carbocycles. The van der Waals surface area contributed by atoms with E-state index in [1.54, 1.807) is 0 Å². The van der Waals surface area contributed by atoms with Crippen molar-refractivity contribution in [1.29, 1.82) is 0 Å². The molecule has 116 valence electrons. The number of hydrogen-bond donors (Lipinski definition) is 1. The van der Waals surface area contributed by atoms with Gasteiger partial charge in [0, 0.05) is 12.8 Å². The summed E-state index contributed by atoms with van der Waals surface area (Å²) >= 11 is 0. The molecule has 0 bridgehead atoms. The minimum absolute atomic E-state index is 0.151. The zero-order valence-corrected chi connectivity index (χ0v) is 11.3. The predicted octanol–water partition coefficient (Wildman–Crippen LogP) is 3.90. The van der Waals surface area contributed by atoms with Crippen molar-refractivity contribution in [3.63, 3.8) is 0 Å². The summed E-state index contributed by atoms with van der Waals surface area (Å²) in [6.07, 6.45) is 1.05. The van der Waals surface area contributed by atoms with Gasteiger partial charge in [0.25, 0.3) is 0 Å². The molecule has 0 aromatic carbocycles. The van der Waals surface area contributed by atoms with Crippen molar-refractivity contribution in [3.8, 4) is 0 Å². The molecule has 0 saturated carbocycles. The van der Waals surface area contributed by atoms with E-state index in [4.69, 9.17) is 9.94 Å². The molecule has 1 N–H and O–H groups in total. The molecule has 4 nitrogen and oxygen atoms in total. The van der Waals surface area contributed by atoms with Gasteiger partial charge in [0.2, 0.25) is 0 Å². The van der Waals surface area contributed by atoms with E-state index in [0.29, 0.717) is 12.8 Å². The molecule has 0 aromatic rings. The lowest BCUT2D eigenvalue weighted by molar-refractivity contribution is -0.137. The minimum atomic E-state index is -4.38. The molecule has 0 saturated heterocycles. The summed E-state index contributed by atoms with van der Waals surface area (Å²) in [5, 5.41) is 11.5. The van der Waals surface area contributed by atoms with Gasteiger partial charge in [0.1, 0.15) is 6.10 Å². The lowest BCUT2D eigenvalue weighted by Gasteiger charge is -2.08. The molecule has 1 rings (SSSR count). The number of rotatable bonds is 9. The Morgan fingerprint density at radius 1 is 1.20 bits per heavy atom. The van der Waals surface area contributed by atoms with E-state index in [9.17, 15) is 18.0 Å². The number of halogens is 3. The average Bonchev–Trinajstić information content (AvgIpc) is 2.80. The molecule has 1 heterocycles. The van der Waals surface area contributed by atoms with Crippen molar-refractivity contribution in [1.82, 2.24) is 0 Å². The van der Waals surface area contributed by atoms with Gasteiger partial charge >= 0.3 is 12.1 Å². The zero-order chi connectivity index (χ0) is 15.0. The van der Waals surface area contributed by atoms with Crippen LogP contribution in [0.1, 0.15) is 57.8 Å². The topological polar surface area (TPSA) is 58.9 Å². The molecule has 0 aromatic heterocycles. The number of oxime groups is 1. The van der Waals surface area contributed by atoms with Crippen molar-refractivity contribution < 1.29 is 27.9 Å². The third-order valence-corrected chi connectivity index (χ3v) is 3.23. The number of nitrogens with zero attached hydrogens (tertiary/aromatic N) is 1. The number of hydrogen-bond acceptors (Lipinski definition) is 3. The van der Waals surface area contributed by atoms with E-state index in [1.165, 1.54) is 0 Å². The van der Waals surface area contributed by atoms with Crippen molar-refractivity contribution in [2.24, 2.45) is 5.16 Å². The molecule has 20 heavy (non-hydrogen) atoms. The Morgan fingerprint density at radius 2 is 1.80 bits per heavy atom. The van der Waals surface area contributed by atoms with Crippen LogP contribution in [0.5, 0.6) is 0 Å². The fourth-order valence-electron chi connectivity index (χ4n) is 2.11. The fraction of sp³-hybridized carbons (Fsp3) is 0.846. The second-order valence-electron chi connectivity index (χ2n) is 5.02. The van der Waals surface area contributed by atoms with E-state index >= 15 is 0 Å². The van der Waals surface area contributed by atoms with Gasteiger partial charge in [-0.25, -0.2) is 0 Å². The Labute approximate surface area is 116 Å². The summed E-state index contributed by atoms with van der Waals surface area (Å²) in [6, 6.07) is 0. The molecule has 1 aliphatic heterocycles. The number of unbranched alkanes of at least 4 members (excludes halogenated alkanes) is 5. The minimum Gasteiger partial charge on any atom is -0.481 e. The van der Waals surface area contributed by atoms with Crippen molar-refractivity contribution in [3.05, 3.63) is 0 Å². The van der Waals surface area contributed by atoms with E-state index < -0.39 is 24.0 Å². The monoisotopic (exact) mass is 295 g/mol. The molecule has 7 heteroatoms. The maximum absolute atomic E-state index is 12.3. The van der Waals surface area contributed by atoms with Crippen molar-refractivity contribution >= 4 is 11.7 Å². The fourth-order valence-corrected chi connectivity index (χ4v) is 2.11. The zero-order valence-electron chi connectivity index (χ0n) is 11.3. The van der Waals surface area contributed by atoms with Crippen LogP contribution in [0.15, 0.2) is 5.16 Å². The molecular weight excluding hydrogens is 275 g/mol.